The van der Waals surface area contributed by atoms with Gasteiger partial charge in [-0.25, -0.2) is 0 Å². The molecule has 1 aliphatic rings. The lowest BCUT2D eigenvalue weighted by atomic mass is 10.0. The van der Waals surface area contributed by atoms with Gasteiger partial charge < -0.3 is 15.2 Å². The van der Waals surface area contributed by atoms with E-state index in [0.29, 0.717) is 24.7 Å². The average molecular weight is 215 g/mol. The standard InChI is InChI=1S/C12H25NO2/c1-10(9-14)4-3-6-13-12-5-7-15-11(2)8-12/h10-14H,3-9H2,1-2H3. The Balaban J connectivity index is 1.99. The molecule has 3 unspecified atom stereocenters. The Morgan fingerprint density at radius 2 is 2.33 bits per heavy atom. The van der Waals surface area contributed by atoms with Crippen LogP contribution in [0.3, 0.4) is 0 Å². The molecule has 0 aromatic rings. The van der Waals surface area contributed by atoms with E-state index in [9.17, 15) is 0 Å². The second-order valence-corrected chi connectivity index (χ2v) is 4.79. The number of nitrogens with one attached hydrogen (secondary N) is 1. The molecule has 1 saturated heterocycles. The maximum Gasteiger partial charge on any atom is 0.0561 e. The minimum atomic E-state index is 0.314. The zero-order valence-corrected chi connectivity index (χ0v) is 10.0. The number of hydrogen-bond donors (Lipinski definition) is 2. The van der Waals surface area contributed by atoms with Crippen LogP contribution in [0.5, 0.6) is 0 Å². The van der Waals surface area contributed by atoms with Crippen LogP contribution in [0.4, 0.5) is 0 Å². The van der Waals surface area contributed by atoms with Crippen LogP contribution in [0.1, 0.15) is 39.5 Å². The first kappa shape index (κ1) is 12.9. The summed E-state index contributed by atoms with van der Waals surface area (Å²) in [6.45, 7) is 6.51. The van der Waals surface area contributed by atoms with Crippen LogP contribution in [-0.4, -0.2) is 37.0 Å². The Bertz CT molecular complexity index is 164. The summed E-state index contributed by atoms with van der Waals surface area (Å²) in [5, 5.41) is 12.5. The molecule has 0 aliphatic carbocycles. The fourth-order valence-corrected chi connectivity index (χ4v) is 2.03. The van der Waals surface area contributed by atoms with Crippen molar-refractivity contribution in [3.05, 3.63) is 0 Å². The van der Waals surface area contributed by atoms with Gasteiger partial charge in [0.25, 0.3) is 0 Å². The highest BCUT2D eigenvalue weighted by atomic mass is 16.5. The van der Waals surface area contributed by atoms with Crippen LogP contribution in [0.15, 0.2) is 0 Å². The van der Waals surface area contributed by atoms with Gasteiger partial charge >= 0.3 is 0 Å². The van der Waals surface area contributed by atoms with Gasteiger partial charge in [0.1, 0.15) is 0 Å². The predicted molar refractivity (Wildman–Crippen MR) is 61.9 cm³/mol. The van der Waals surface area contributed by atoms with Crippen LogP contribution in [0.2, 0.25) is 0 Å². The minimum absolute atomic E-state index is 0.314. The number of ether oxygens (including phenoxy) is 1. The molecule has 3 atom stereocenters. The lowest BCUT2D eigenvalue weighted by molar-refractivity contribution is 0.0133. The van der Waals surface area contributed by atoms with Gasteiger partial charge in [-0.1, -0.05) is 6.92 Å². The van der Waals surface area contributed by atoms with Crippen molar-refractivity contribution >= 4 is 0 Å². The average Bonchev–Trinajstić information content (AvgIpc) is 2.24. The molecule has 1 aliphatic heterocycles. The van der Waals surface area contributed by atoms with Crippen molar-refractivity contribution in [2.24, 2.45) is 5.92 Å². The van der Waals surface area contributed by atoms with Gasteiger partial charge in [0.15, 0.2) is 0 Å². The largest absolute Gasteiger partial charge is 0.396 e. The van der Waals surface area contributed by atoms with Crippen LogP contribution < -0.4 is 5.32 Å². The van der Waals surface area contributed by atoms with Crippen molar-refractivity contribution in [3.8, 4) is 0 Å². The SMILES string of the molecule is CC(CO)CCCNC1CCOC(C)C1. The van der Waals surface area contributed by atoms with Gasteiger partial charge in [0, 0.05) is 19.3 Å². The Morgan fingerprint density at radius 1 is 1.53 bits per heavy atom. The molecular formula is C12H25NO2. The zero-order valence-electron chi connectivity index (χ0n) is 10.0. The molecule has 0 aromatic carbocycles. The number of aliphatic hydroxyl groups is 1. The molecule has 1 fully saturated rings. The third-order valence-corrected chi connectivity index (χ3v) is 3.10. The molecule has 0 saturated carbocycles. The third-order valence-electron chi connectivity index (χ3n) is 3.10. The first-order valence-corrected chi connectivity index (χ1v) is 6.18. The van der Waals surface area contributed by atoms with E-state index in [1.807, 2.05) is 0 Å². The van der Waals surface area contributed by atoms with Gasteiger partial charge in [-0.05, 0) is 45.1 Å². The molecule has 90 valence electrons. The molecule has 0 spiro atoms. The second kappa shape index (κ2) is 7.20. The monoisotopic (exact) mass is 215 g/mol. The maximum atomic E-state index is 8.88. The summed E-state index contributed by atoms with van der Waals surface area (Å²) in [5.74, 6) is 0.445. The van der Waals surface area contributed by atoms with E-state index in [4.69, 9.17) is 9.84 Å². The molecule has 0 aromatic heterocycles. The van der Waals surface area contributed by atoms with E-state index in [2.05, 4.69) is 19.2 Å². The van der Waals surface area contributed by atoms with Crippen LogP contribution in [0.25, 0.3) is 0 Å². The summed E-state index contributed by atoms with van der Waals surface area (Å²) >= 11 is 0. The topological polar surface area (TPSA) is 41.5 Å². The summed E-state index contributed by atoms with van der Waals surface area (Å²) in [5.41, 5.74) is 0. The third kappa shape index (κ3) is 5.50. The maximum absolute atomic E-state index is 8.88. The highest BCUT2D eigenvalue weighted by Crippen LogP contribution is 2.13. The Kier molecular flexibility index (Phi) is 6.22. The number of hydrogen-bond acceptors (Lipinski definition) is 3. The molecular weight excluding hydrogens is 190 g/mol. The molecule has 1 rings (SSSR count). The van der Waals surface area contributed by atoms with Gasteiger partial charge in [0.2, 0.25) is 0 Å². The van der Waals surface area contributed by atoms with Crippen LogP contribution in [0, 0.1) is 5.92 Å². The molecule has 0 amide bonds. The lowest BCUT2D eigenvalue weighted by Crippen LogP contribution is -2.38. The fraction of sp³-hybridized carbons (Fsp3) is 1.00. The Labute approximate surface area is 93.2 Å². The first-order chi connectivity index (χ1) is 7.22. The molecule has 15 heavy (non-hydrogen) atoms. The Hall–Kier alpha value is -0.120. The normalized spacial score (nSPS) is 29.0. The highest BCUT2D eigenvalue weighted by Gasteiger charge is 2.18. The van der Waals surface area contributed by atoms with Gasteiger partial charge in [-0.3, -0.25) is 0 Å². The van der Waals surface area contributed by atoms with Gasteiger partial charge in [-0.2, -0.15) is 0 Å². The van der Waals surface area contributed by atoms with Crippen LogP contribution >= 0.6 is 0 Å². The van der Waals surface area contributed by atoms with E-state index in [1.54, 1.807) is 0 Å². The summed E-state index contributed by atoms with van der Waals surface area (Å²) in [6, 6.07) is 0.637. The first-order valence-electron chi connectivity index (χ1n) is 6.18. The van der Waals surface area contributed by atoms with Crippen molar-refractivity contribution < 1.29 is 9.84 Å². The van der Waals surface area contributed by atoms with E-state index < -0.39 is 0 Å². The summed E-state index contributed by atoms with van der Waals surface area (Å²) in [4.78, 5) is 0. The van der Waals surface area contributed by atoms with Crippen LogP contribution in [-0.2, 0) is 4.74 Å². The van der Waals surface area contributed by atoms with Crippen molar-refractivity contribution in [1.29, 1.82) is 0 Å². The zero-order chi connectivity index (χ0) is 11.1. The van der Waals surface area contributed by atoms with Crippen molar-refractivity contribution in [2.45, 2.75) is 51.7 Å². The van der Waals surface area contributed by atoms with E-state index in [1.165, 1.54) is 0 Å². The summed E-state index contributed by atoms with van der Waals surface area (Å²) in [6.07, 6.45) is 4.96. The fourth-order valence-electron chi connectivity index (χ4n) is 2.03. The van der Waals surface area contributed by atoms with E-state index in [0.717, 1.165) is 38.8 Å². The molecule has 2 N–H and O–H groups in total. The van der Waals surface area contributed by atoms with Crippen molar-refractivity contribution in [2.75, 3.05) is 19.8 Å². The number of rotatable bonds is 6. The quantitative estimate of drug-likeness (QED) is 0.661. The van der Waals surface area contributed by atoms with Gasteiger partial charge in [0.05, 0.1) is 6.10 Å². The van der Waals surface area contributed by atoms with Crippen molar-refractivity contribution in [3.63, 3.8) is 0 Å². The van der Waals surface area contributed by atoms with E-state index >= 15 is 0 Å². The smallest absolute Gasteiger partial charge is 0.0561 e. The highest BCUT2D eigenvalue weighted by molar-refractivity contribution is 4.74. The minimum Gasteiger partial charge on any atom is -0.396 e. The Morgan fingerprint density at radius 3 is 3.00 bits per heavy atom. The predicted octanol–water partition coefficient (Wildman–Crippen LogP) is 1.55. The summed E-state index contributed by atoms with van der Waals surface area (Å²) in [7, 11) is 0. The lowest BCUT2D eigenvalue weighted by Gasteiger charge is -2.28. The second-order valence-electron chi connectivity index (χ2n) is 4.79. The molecule has 1 heterocycles. The van der Waals surface area contributed by atoms with Gasteiger partial charge in [-0.15, -0.1) is 0 Å². The van der Waals surface area contributed by atoms with Crippen molar-refractivity contribution in [1.82, 2.24) is 5.32 Å². The molecule has 3 heteroatoms. The number of aliphatic hydroxyl groups excluding tert-OH is 1. The molecule has 3 nitrogen and oxygen atoms in total. The molecule has 0 bridgehead atoms. The molecule has 0 radical (unpaired) electrons. The summed E-state index contributed by atoms with van der Waals surface area (Å²) < 4.78 is 5.50. The van der Waals surface area contributed by atoms with E-state index in [-0.39, 0.29) is 0 Å².